The summed E-state index contributed by atoms with van der Waals surface area (Å²) in [5.74, 6) is 0.625. The van der Waals surface area contributed by atoms with Crippen LogP contribution >= 0.6 is 0 Å². The molecule has 1 N–H and O–H groups in total. The summed E-state index contributed by atoms with van der Waals surface area (Å²) in [4.78, 5) is 12.2. The summed E-state index contributed by atoms with van der Waals surface area (Å²) in [5.41, 5.74) is 2.96. The SMILES string of the molecule is CCOc1ccccc1NC(=O)C[n+]1cccc(C)c1C. The summed E-state index contributed by atoms with van der Waals surface area (Å²) >= 11 is 0. The molecule has 2 rings (SSSR count). The third kappa shape index (κ3) is 3.81. The molecule has 1 amide bonds. The van der Waals surface area contributed by atoms with Gasteiger partial charge in [0.2, 0.25) is 6.54 Å². The van der Waals surface area contributed by atoms with Gasteiger partial charge in [-0.05, 0) is 32.0 Å². The molecule has 1 aromatic carbocycles. The standard InChI is InChI=1S/C17H20N2O2/c1-4-21-16-10-6-5-9-15(16)18-17(20)12-19-11-7-8-13(2)14(19)3/h5-11H,4,12H2,1-3H3/p+1. The number of carbonyl (C=O) groups excluding carboxylic acids is 1. The van der Waals surface area contributed by atoms with Gasteiger partial charge in [0.1, 0.15) is 5.75 Å². The predicted molar refractivity (Wildman–Crippen MR) is 82.4 cm³/mol. The molecule has 1 aromatic heterocycles. The lowest BCUT2D eigenvalue weighted by Gasteiger charge is -2.10. The Morgan fingerprint density at radius 1 is 1.19 bits per heavy atom. The first-order chi connectivity index (χ1) is 10.1. The van der Waals surface area contributed by atoms with E-state index in [1.807, 2.05) is 67.9 Å². The van der Waals surface area contributed by atoms with Crippen LogP contribution in [0.3, 0.4) is 0 Å². The molecule has 21 heavy (non-hydrogen) atoms. The van der Waals surface area contributed by atoms with E-state index in [0.29, 0.717) is 18.0 Å². The summed E-state index contributed by atoms with van der Waals surface area (Å²) in [7, 11) is 0. The van der Waals surface area contributed by atoms with E-state index < -0.39 is 0 Å². The van der Waals surface area contributed by atoms with Crippen LogP contribution in [0.2, 0.25) is 0 Å². The van der Waals surface area contributed by atoms with Crippen molar-refractivity contribution >= 4 is 11.6 Å². The van der Waals surface area contributed by atoms with Crippen molar-refractivity contribution in [1.29, 1.82) is 0 Å². The minimum absolute atomic E-state index is 0.0687. The molecular formula is C17H21N2O2+. The number of aryl methyl sites for hydroxylation is 1. The lowest BCUT2D eigenvalue weighted by atomic mass is 10.2. The number of hydrogen-bond donors (Lipinski definition) is 1. The molecule has 1 heterocycles. The molecule has 4 heteroatoms. The molecule has 110 valence electrons. The van der Waals surface area contributed by atoms with Gasteiger partial charge in [-0.3, -0.25) is 4.79 Å². The van der Waals surface area contributed by atoms with E-state index >= 15 is 0 Å². The molecule has 0 spiro atoms. The smallest absolute Gasteiger partial charge is 0.290 e. The molecule has 0 saturated carbocycles. The van der Waals surface area contributed by atoms with Crippen LogP contribution in [0.4, 0.5) is 5.69 Å². The van der Waals surface area contributed by atoms with Gasteiger partial charge >= 0.3 is 0 Å². The Labute approximate surface area is 125 Å². The number of para-hydroxylation sites is 2. The van der Waals surface area contributed by atoms with E-state index in [2.05, 4.69) is 5.32 Å². The van der Waals surface area contributed by atoms with Crippen LogP contribution < -0.4 is 14.6 Å². The number of anilines is 1. The summed E-state index contributed by atoms with van der Waals surface area (Å²) in [5, 5.41) is 2.91. The Morgan fingerprint density at radius 3 is 2.71 bits per heavy atom. The zero-order valence-corrected chi connectivity index (χ0v) is 12.7. The molecule has 0 saturated heterocycles. The van der Waals surface area contributed by atoms with Gasteiger partial charge in [0.15, 0.2) is 11.9 Å². The van der Waals surface area contributed by atoms with Crippen LogP contribution in [-0.4, -0.2) is 12.5 Å². The van der Waals surface area contributed by atoms with Crippen molar-refractivity contribution in [2.75, 3.05) is 11.9 Å². The number of aromatic nitrogens is 1. The van der Waals surface area contributed by atoms with Gasteiger partial charge in [0, 0.05) is 18.6 Å². The van der Waals surface area contributed by atoms with Gasteiger partial charge in [0.25, 0.3) is 5.91 Å². The second kappa shape index (κ2) is 6.88. The number of amides is 1. The molecule has 0 unspecified atom stereocenters. The van der Waals surface area contributed by atoms with Crippen molar-refractivity contribution in [3.63, 3.8) is 0 Å². The number of pyridine rings is 1. The molecule has 0 radical (unpaired) electrons. The summed E-state index contributed by atoms with van der Waals surface area (Å²) in [6.45, 7) is 6.82. The number of nitrogens with zero attached hydrogens (tertiary/aromatic N) is 1. The van der Waals surface area contributed by atoms with Crippen LogP contribution in [0.5, 0.6) is 5.75 Å². The largest absolute Gasteiger partial charge is 0.492 e. The number of rotatable bonds is 5. The maximum Gasteiger partial charge on any atom is 0.290 e. The number of carbonyl (C=O) groups is 1. The van der Waals surface area contributed by atoms with Crippen LogP contribution in [0.1, 0.15) is 18.2 Å². The normalized spacial score (nSPS) is 10.2. The van der Waals surface area contributed by atoms with Crippen molar-refractivity contribution in [3.8, 4) is 5.75 Å². The number of ether oxygens (including phenoxy) is 1. The van der Waals surface area contributed by atoms with E-state index in [9.17, 15) is 4.79 Å². The lowest BCUT2D eigenvalue weighted by molar-refractivity contribution is -0.690. The number of nitrogens with one attached hydrogen (secondary N) is 1. The summed E-state index contributed by atoms with van der Waals surface area (Å²) < 4.78 is 7.45. The Bertz CT molecular complexity index is 638. The zero-order valence-electron chi connectivity index (χ0n) is 12.7. The monoisotopic (exact) mass is 285 g/mol. The topological polar surface area (TPSA) is 42.2 Å². The second-order valence-electron chi connectivity index (χ2n) is 4.88. The van der Waals surface area contributed by atoms with Crippen LogP contribution in [0, 0.1) is 13.8 Å². The molecule has 0 aliphatic heterocycles. The lowest BCUT2D eigenvalue weighted by Crippen LogP contribution is -2.43. The molecule has 2 aromatic rings. The molecule has 0 atom stereocenters. The van der Waals surface area contributed by atoms with E-state index in [1.54, 1.807) is 0 Å². The minimum atomic E-state index is -0.0687. The first kappa shape index (κ1) is 15.0. The highest BCUT2D eigenvalue weighted by Crippen LogP contribution is 2.23. The first-order valence-electron chi connectivity index (χ1n) is 7.09. The molecule has 0 aliphatic carbocycles. The Balaban J connectivity index is 2.10. The van der Waals surface area contributed by atoms with Gasteiger partial charge in [-0.15, -0.1) is 0 Å². The second-order valence-corrected chi connectivity index (χ2v) is 4.88. The highest BCUT2D eigenvalue weighted by atomic mass is 16.5. The molecule has 0 aliphatic rings. The van der Waals surface area contributed by atoms with E-state index in [-0.39, 0.29) is 12.5 Å². The maximum atomic E-state index is 12.2. The first-order valence-corrected chi connectivity index (χ1v) is 7.09. The fourth-order valence-electron chi connectivity index (χ4n) is 2.12. The average Bonchev–Trinajstić information content (AvgIpc) is 2.46. The highest BCUT2D eigenvalue weighted by Gasteiger charge is 2.15. The third-order valence-electron chi connectivity index (χ3n) is 3.39. The van der Waals surface area contributed by atoms with Gasteiger partial charge in [-0.2, -0.15) is 4.57 Å². The van der Waals surface area contributed by atoms with Crippen LogP contribution in [0.25, 0.3) is 0 Å². The molecular weight excluding hydrogens is 264 g/mol. The number of hydrogen-bond acceptors (Lipinski definition) is 2. The van der Waals surface area contributed by atoms with Gasteiger partial charge in [-0.25, -0.2) is 0 Å². The van der Waals surface area contributed by atoms with Gasteiger partial charge < -0.3 is 10.1 Å². The van der Waals surface area contributed by atoms with Crippen molar-refractivity contribution in [2.45, 2.75) is 27.3 Å². The third-order valence-corrected chi connectivity index (χ3v) is 3.39. The van der Waals surface area contributed by atoms with E-state index in [0.717, 1.165) is 5.69 Å². The van der Waals surface area contributed by atoms with Crippen molar-refractivity contribution in [2.24, 2.45) is 0 Å². The van der Waals surface area contributed by atoms with E-state index in [4.69, 9.17) is 4.74 Å². The quantitative estimate of drug-likeness (QED) is 0.858. The minimum Gasteiger partial charge on any atom is -0.492 e. The Morgan fingerprint density at radius 2 is 1.95 bits per heavy atom. The average molecular weight is 285 g/mol. The van der Waals surface area contributed by atoms with E-state index in [1.165, 1.54) is 5.56 Å². The van der Waals surface area contributed by atoms with Crippen LogP contribution in [-0.2, 0) is 11.3 Å². The fraction of sp³-hybridized carbons (Fsp3) is 0.294. The summed E-state index contributed by atoms with van der Waals surface area (Å²) in [6.07, 6.45) is 1.91. The highest BCUT2D eigenvalue weighted by molar-refractivity contribution is 5.91. The zero-order chi connectivity index (χ0) is 15.2. The fourth-order valence-corrected chi connectivity index (χ4v) is 2.12. The molecule has 4 nitrogen and oxygen atoms in total. The van der Waals surface area contributed by atoms with Crippen LogP contribution in [0.15, 0.2) is 42.6 Å². The van der Waals surface area contributed by atoms with Gasteiger partial charge in [0.05, 0.1) is 12.3 Å². The number of benzene rings is 1. The molecule has 0 bridgehead atoms. The predicted octanol–water partition coefficient (Wildman–Crippen LogP) is 2.63. The van der Waals surface area contributed by atoms with Gasteiger partial charge in [-0.1, -0.05) is 12.1 Å². The maximum absolute atomic E-state index is 12.2. The van der Waals surface area contributed by atoms with Crippen molar-refractivity contribution < 1.29 is 14.1 Å². The Kier molecular flexibility index (Phi) is 4.93. The van der Waals surface area contributed by atoms with Crippen molar-refractivity contribution in [1.82, 2.24) is 0 Å². The molecule has 0 fully saturated rings. The summed E-state index contributed by atoms with van der Waals surface area (Å²) in [6, 6.07) is 11.4. The Hall–Kier alpha value is -2.36. The van der Waals surface area contributed by atoms with Crippen molar-refractivity contribution in [3.05, 3.63) is 53.9 Å².